The van der Waals surface area contributed by atoms with Crippen LogP contribution < -0.4 is 0 Å². The number of aliphatic carboxylic acids is 3. The minimum absolute atomic E-state index is 0.319. The minimum Gasteiger partial charge on any atom is -0.475 e. The molecular formula is C23H30F9N3O7. The Balaban J connectivity index is 0.000000660. The molecule has 1 atom stereocenters. The van der Waals surface area contributed by atoms with Crippen molar-refractivity contribution in [3.63, 3.8) is 0 Å². The van der Waals surface area contributed by atoms with Crippen LogP contribution in [0, 0.1) is 5.41 Å². The third kappa shape index (κ3) is 16.3. The van der Waals surface area contributed by atoms with Gasteiger partial charge in [-0.25, -0.2) is 14.4 Å². The lowest BCUT2D eigenvalue weighted by atomic mass is 9.80. The smallest absolute Gasteiger partial charge is 0.475 e. The van der Waals surface area contributed by atoms with Crippen LogP contribution in [-0.2, 0) is 25.7 Å². The number of hydrogen-bond donors (Lipinski definition) is 3. The molecule has 0 bridgehead atoms. The quantitative estimate of drug-likeness (QED) is 0.421. The molecule has 1 unspecified atom stereocenters. The van der Waals surface area contributed by atoms with Crippen molar-refractivity contribution in [2.75, 3.05) is 45.9 Å². The van der Waals surface area contributed by atoms with E-state index in [4.69, 9.17) is 34.4 Å². The number of carbonyl (C=O) groups is 3. The fourth-order valence-corrected chi connectivity index (χ4v) is 3.76. The van der Waals surface area contributed by atoms with E-state index in [1.54, 1.807) is 0 Å². The third-order valence-corrected chi connectivity index (χ3v) is 5.55. The molecule has 0 aliphatic carbocycles. The molecule has 0 saturated carbocycles. The van der Waals surface area contributed by atoms with Gasteiger partial charge in [-0.15, -0.1) is 0 Å². The summed E-state index contributed by atoms with van der Waals surface area (Å²) in [5.74, 6) is -8.27. The number of ether oxygens (including phenoxy) is 1. The molecule has 0 aromatic carbocycles. The highest BCUT2D eigenvalue weighted by atomic mass is 19.4. The van der Waals surface area contributed by atoms with Crippen molar-refractivity contribution in [2.45, 2.75) is 44.8 Å². The predicted molar refractivity (Wildman–Crippen MR) is 125 cm³/mol. The Labute approximate surface area is 233 Å². The normalized spacial score (nSPS) is 20.0. The lowest BCUT2D eigenvalue weighted by Crippen LogP contribution is -2.50. The van der Waals surface area contributed by atoms with E-state index in [1.807, 2.05) is 12.3 Å². The summed E-state index contributed by atoms with van der Waals surface area (Å²) in [7, 11) is 0. The van der Waals surface area contributed by atoms with E-state index >= 15 is 0 Å². The standard InChI is InChI=1S/C17H27N3O.3C2HF3O2/c1-2-19-10-11-21-15-17(13-19)7-5-9-20(14-17)12-16-6-3-4-8-18-16;3*3-2(4,5)1(6)7/h3-4,6,8H,2,5,7,9-15H2,1H3;3*(H,6,7). The number of carboxylic acids is 3. The number of carboxylic acid groups (broad SMARTS) is 3. The zero-order chi connectivity index (χ0) is 32.8. The first-order valence-electron chi connectivity index (χ1n) is 12.0. The molecule has 3 N–H and O–H groups in total. The Morgan fingerprint density at radius 1 is 0.857 bits per heavy atom. The van der Waals surface area contributed by atoms with E-state index in [-0.39, 0.29) is 0 Å². The number of halogens is 9. The Kier molecular flexibility index (Phi) is 15.8. The van der Waals surface area contributed by atoms with Gasteiger partial charge in [0.15, 0.2) is 0 Å². The monoisotopic (exact) mass is 631 g/mol. The SMILES string of the molecule is CCN1CCOCC2(CCCN(Cc3ccccn3)C2)C1.O=C(O)C(F)(F)F.O=C(O)C(F)(F)F.O=C(O)C(F)(F)F. The van der Waals surface area contributed by atoms with Crippen molar-refractivity contribution in [3.05, 3.63) is 30.1 Å². The van der Waals surface area contributed by atoms with Gasteiger partial charge in [-0.1, -0.05) is 13.0 Å². The van der Waals surface area contributed by atoms with Gasteiger partial charge >= 0.3 is 36.4 Å². The van der Waals surface area contributed by atoms with Gasteiger partial charge in [0.2, 0.25) is 0 Å². The number of nitrogens with zero attached hydrogens (tertiary/aromatic N) is 3. The fraction of sp³-hybridized carbons (Fsp3) is 0.652. The topological polar surface area (TPSA) is 140 Å². The molecule has 1 aromatic rings. The first-order valence-corrected chi connectivity index (χ1v) is 12.0. The summed E-state index contributed by atoms with van der Waals surface area (Å²) in [5, 5.41) is 21.4. The van der Waals surface area contributed by atoms with Crippen molar-refractivity contribution in [1.29, 1.82) is 0 Å². The maximum absolute atomic E-state index is 10.6. The van der Waals surface area contributed by atoms with Crippen LogP contribution in [0.15, 0.2) is 24.4 Å². The highest BCUT2D eigenvalue weighted by Crippen LogP contribution is 2.33. The lowest BCUT2D eigenvalue weighted by molar-refractivity contribution is -0.193. The van der Waals surface area contributed by atoms with Crippen LogP contribution >= 0.6 is 0 Å². The third-order valence-electron chi connectivity index (χ3n) is 5.55. The lowest BCUT2D eigenvalue weighted by Gasteiger charge is -2.43. The molecule has 2 fully saturated rings. The van der Waals surface area contributed by atoms with Gasteiger partial charge in [-0.05, 0) is 38.1 Å². The van der Waals surface area contributed by atoms with Gasteiger partial charge in [0.25, 0.3) is 0 Å². The molecule has 42 heavy (non-hydrogen) atoms. The van der Waals surface area contributed by atoms with Gasteiger partial charge in [-0.3, -0.25) is 9.88 Å². The number of aromatic nitrogens is 1. The number of alkyl halides is 9. The van der Waals surface area contributed by atoms with E-state index in [2.05, 4.69) is 33.8 Å². The molecule has 1 spiro atoms. The zero-order valence-corrected chi connectivity index (χ0v) is 22.1. The van der Waals surface area contributed by atoms with Crippen LogP contribution in [0.2, 0.25) is 0 Å². The summed E-state index contributed by atoms with van der Waals surface area (Å²) in [6.07, 6.45) is -10.8. The Bertz CT molecular complexity index is 920. The summed E-state index contributed by atoms with van der Waals surface area (Å²) in [6.45, 7) is 10.7. The van der Waals surface area contributed by atoms with Crippen LogP contribution in [0.4, 0.5) is 39.5 Å². The summed E-state index contributed by atoms with van der Waals surface area (Å²) in [6, 6.07) is 6.19. The molecule has 1 aromatic heterocycles. The molecule has 2 saturated heterocycles. The fourth-order valence-electron chi connectivity index (χ4n) is 3.76. The van der Waals surface area contributed by atoms with Gasteiger partial charge < -0.3 is 25.0 Å². The summed E-state index contributed by atoms with van der Waals surface area (Å²) < 4.78 is 101. The number of pyridine rings is 1. The van der Waals surface area contributed by atoms with Crippen LogP contribution in [-0.4, -0.2) is 112 Å². The number of piperidine rings is 1. The molecule has 10 nitrogen and oxygen atoms in total. The first-order chi connectivity index (χ1) is 19.1. The van der Waals surface area contributed by atoms with Crippen LogP contribution in [0.3, 0.4) is 0 Å². The maximum Gasteiger partial charge on any atom is 0.490 e. The zero-order valence-electron chi connectivity index (χ0n) is 22.1. The van der Waals surface area contributed by atoms with Crippen LogP contribution in [0.25, 0.3) is 0 Å². The second-order valence-corrected chi connectivity index (χ2v) is 8.97. The number of rotatable bonds is 3. The summed E-state index contributed by atoms with van der Waals surface area (Å²) >= 11 is 0. The van der Waals surface area contributed by atoms with Gasteiger partial charge in [-0.2, -0.15) is 39.5 Å². The minimum atomic E-state index is -5.08. The van der Waals surface area contributed by atoms with Crippen molar-refractivity contribution in [3.8, 4) is 0 Å². The molecule has 3 rings (SSSR count). The van der Waals surface area contributed by atoms with Crippen molar-refractivity contribution < 1.29 is 74.0 Å². The van der Waals surface area contributed by atoms with Gasteiger partial charge in [0.1, 0.15) is 0 Å². The van der Waals surface area contributed by atoms with Gasteiger partial charge in [0.05, 0.1) is 18.9 Å². The molecule has 3 heterocycles. The number of likely N-dealkylation sites (tertiary alicyclic amines) is 1. The molecule has 242 valence electrons. The van der Waals surface area contributed by atoms with Gasteiger partial charge in [0, 0.05) is 37.8 Å². The highest BCUT2D eigenvalue weighted by molar-refractivity contribution is 5.73. The average molecular weight is 631 g/mol. The highest BCUT2D eigenvalue weighted by Gasteiger charge is 2.40. The molecule has 2 aliphatic rings. The van der Waals surface area contributed by atoms with Crippen molar-refractivity contribution in [2.24, 2.45) is 5.41 Å². The second-order valence-electron chi connectivity index (χ2n) is 8.97. The Hall–Kier alpha value is -3.19. The van der Waals surface area contributed by atoms with E-state index < -0.39 is 36.4 Å². The van der Waals surface area contributed by atoms with E-state index in [9.17, 15) is 39.5 Å². The van der Waals surface area contributed by atoms with E-state index in [1.165, 1.54) is 31.6 Å². The largest absolute Gasteiger partial charge is 0.490 e. The van der Waals surface area contributed by atoms with E-state index in [0.29, 0.717) is 5.41 Å². The molecule has 2 aliphatic heterocycles. The Morgan fingerprint density at radius 2 is 1.33 bits per heavy atom. The average Bonchev–Trinajstić information content (AvgIpc) is 3.06. The van der Waals surface area contributed by atoms with Crippen molar-refractivity contribution in [1.82, 2.24) is 14.8 Å². The van der Waals surface area contributed by atoms with Crippen LogP contribution in [0.1, 0.15) is 25.5 Å². The molecule has 19 heteroatoms. The van der Waals surface area contributed by atoms with Crippen molar-refractivity contribution >= 4 is 17.9 Å². The maximum atomic E-state index is 10.6. The predicted octanol–water partition coefficient (Wildman–Crippen LogP) is 3.92. The number of likely N-dealkylation sites (N-methyl/N-ethyl adjacent to an activating group) is 1. The van der Waals surface area contributed by atoms with Crippen LogP contribution in [0.5, 0.6) is 0 Å². The molecule has 0 amide bonds. The summed E-state index contributed by atoms with van der Waals surface area (Å²) in [4.78, 5) is 36.3. The molecule has 0 radical (unpaired) electrons. The second kappa shape index (κ2) is 17.1. The first kappa shape index (κ1) is 38.8. The molecular weight excluding hydrogens is 601 g/mol. The summed E-state index contributed by atoms with van der Waals surface area (Å²) in [5.41, 5.74) is 1.50. The Morgan fingerprint density at radius 3 is 1.74 bits per heavy atom. The van der Waals surface area contributed by atoms with E-state index in [0.717, 1.165) is 39.4 Å². The number of hydrogen-bond acceptors (Lipinski definition) is 7.